The topological polar surface area (TPSA) is 47.0 Å². The lowest BCUT2D eigenvalue weighted by Gasteiger charge is -2.11. The summed E-state index contributed by atoms with van der Waals surface area (Å²) in [4.78, 5) is 8.56. The van der Waals surface area contributed by atoms with Gasteiger partial charge in [0.1, 0.15) is 11.6 Å². The molecule has 1 rings (SSSR count). The van der Waals surface area contributed by atoms with E-state index in [0.29, 0.717) is 23.9 Å². The molecule has 1 aromatic rings. The number of hydrogen-bond acceptors (Lipinski definition) is 4. The Bertz CT molecular complexity index is 424. The van der Waals surface area contributed by atoms with Gasteiger partial charge >= 0.3 is 6.18 Å². The molecule has 21 heavy (non-hydrogen) atoms. The first-order valence-corrected chi connectivity index (χ1v) is 7.26. The second-order valence-electron chi connectivity index (χ2n) is 4.75. The SMILES string of the molecule is CCCNc1cc(OCCCC(F)(F)F)nc(CCC)n1. The molecule has 0 amide bonds. The molecule has 1 N–H and O–H groups in total. The van der Waals surface area contributed by atoms with Crippen LogP contribution in [0.5, 0.6) is 5.88 Å². The lowest BCUT2D eigenvalue weighted by molar-refractivity contribution is -0.136. The van der Waals surface area contributed by atoms with Crippen molar-refractivity contribution >= 4 is 5.82 Å². The van der Waals surface area contributed by atoms with E-state index in [9.17, 15) is 13.2 Å². The first kappa shape index (κ1) is 17.5. The van der Waals surface area contributed by atoms with Gasteiger partial charge in [0.05, 0.1) is 6.61 Å². The van der Waals surface area contributed by atoms with E-state index in [-0.39, 0.29) is 13.0 Å². The van der Waals surface area contributed by atoms with E-state index in [1.165, 1.54) is 0 Å². The van der Waals surface area contributed by atoms with Crippen LogP contribution in [0.2, 0.25) is 0 Å². The fourth-order valence-corrected chi connectivity index (χ4v) is 1.68. The minimum Gasteiger partial charge on any atom is -0.478 e. The van der Waals surface area contributed by atoms with Crippen molar-refractivity contribution < 1.29 is 17.9 Å². The number of hydrogen-bond donors (Lipinski definition) is 1. The van der Waals surface area contributed by atoms with Crippen molar-refractivity contribution in [1.82, 2.24) is 9.97 Å². The molecule has 7 heteroatoms. The lowest BCUT2D eigenvalue weighted by atomic mass is 10.3. The highest BCUT2D eigenvalue weighted by atomic mass is 19.4. The molecule has 0 bridgehead atoms. The molecule has 0 spiro atoms. The quantitative estimate of drug-likeness (QED) is 0.701. The maximum Gasteiger partial charge on any atom is 0.389 e. The molecular weight excluding hydrogens is 283 g/mol. The molecule has 0 aliphatic rings. The largest absolute Gasteiger partial charge is 0.478 e. The molecular formula is C14H22F3N3O. The second kappa shape index (κ2) is 8.69. The minimum atomic E-state index is -4.14. The number of nitrogens with one attached hydrogen (secondary N) is 1. The van der Waals surface area contributed by atoms with Crippen LogP contribution in [0.15, 0.2) is 6.07 Å². The van der Waals surface area contributed by atoms with Crippen LogP contribution in [0, 0.1) is 0 Å². The van der Waals surface area contributed by atoms with E-state index in [4.69, 9.17) is 4.74 Å². The molecule has 0 aromatic carbocycles. The van der Waals surface area contributed by atoms with Crippen molar-refractivity contribution in [2.45, 2.75) is 52.1 Å². The van der Waals surface area contributed by atoms with E-state index in [1.54, 1.807) is 6.07 Å². The fourth-order valence-electron chi connectivity index (χ4n) is 1.68. The van der Waals surface area contributed by atoms with E-state index in [0.717, 1.165) is 19.4 Å². The van der Waals surface area contributed by atoms with Gasteiger partial charge in [0.25, 0.3) is 0 Å². The highest BCUT2D eigenvalue weighted by molar-refractivity contribution is 5.38. The normalized spacial score (nSPS) is 11.5. The zero-order chi connectivity index (χ0) is 15.7. The summed E-state index contributed by atoms with van der Waals surface area (Å²) in [5.74, 6) is 1.62. The summed E-state index contributed by atoms with van der Waals surface area (Å²) in [5.41, 5.74) is 0. The van der Waals surface area contributed by atoms with Crippen LogP contribution in [0.25, 0.3) is 0 Å². The molecule has 0 saturated heterocycles. The standard InChI is InChI=1S/C14H22F3N3O/c1-3-6-11-19-12(18-8-4-2)10-13(20-11)21-9-5-7-14(15,16)17/h10H,3-9H2,1-2H3,(H,18,19,20). The van der Waals surface area contributed by atoms with Crippen LogP contribution in [0.3, 0.4) is 0 Å². The number of halogens is 3. The van der Waals surface area contributed by atoms with Gasteiger partial charge in [0.2, 0.25) is 5.88 Å². The number of aromatic nitrogens is 2. The smallest absolute Gasteiger partial charge is 0.389 e. The molecule has 120 valence electrons. The summed E-state index contributed by atoms with van der Waals surface area (Å²) in [5, 5.41) is 3.14. The summed E-state index contributed by atoms with van der Waals surface area (Å²) in [6, 6.07) is 1.63. The second-order valence-corrected chi connectivity index (χ2v) is 4.75. The zero-order valence-corrected chi connectivity index (χ0v) is 12.5. The number of alkyl halides is 3. The molecule has 0 atom stereocenters. The monoisotopic (exact) mass is 305 g/mol. The summed E-state index contributed by atoms with van der Waals surface area (Å²) in [6.07, 6.45) is -2.51. The Morgan fingerprint density at radius 3 is 2.57 bits per heavy atom. The Balaban J connectivity index is 2.60. The van der Waals surface area contributed by atoms with Gasteiger partial charge in [-0.05, 0) is 19.3 Å². The van der Waals surface area contributed by atoms with E-state index in [1.807, 2.05) is 13.8 Å². The highest BCUT2D eigenvalue weighted by Gasteiger charge is 2.26. The predicted molar refractivity (Wildman–Crippen MR) is 75.6 cm³/mol. The van der Waals surface area contributed by atoms with E-state index >= 15 is 0 Å². The Morgan fingerprint density at radius 2 is 1.95 bits per heavy atom. The van der Waals surface area contributed by atoms with Crippen molar-refractivity contribution in [2.75, 3.05) is 18.5 Å². The van der Waals surface area contributed by atoms with Crippen molar-refractivity contribution in [3.05, 3.63) is 11.9 Å². The van der Waals surface area contributed by atoms with Crippen LogP contribution in [0.4, 0.5) is 19.0 Å². The summed E-state index contributed by atoms with van der Waals surface area (Å²) in [7, 11) is 0. The predicted octanol–water partition coefficient (Wildman–Crippen LogP) is 3.97. The Kier molecular flexibility index (Phi) is 7.25. The number of aryl methyl sites for hydroxylation is 1. The van der Waals surface area contributed by atoms with Crippen LogP contribution in [-0.4, -0.2) is 29.3 Å². The van der Waals surface area contributed by atoms with Gasteiger partial charge in [0.15, 0.2) is 0 Å². The summed E-state index contributed by atoms with van der Waals surface area (Å²) < 4.78 is 41.5. The van der Waals surface area contributed by atoms with Crippen molar-refractivity contribution in [3.63, 3.8) is 0 Å². The zero-order valence-electron chi connectivity index (χ0n) is 12.5. The van der Waals surface area contributed by atoms with Crippen LogP contribution in [-0.2, 0) is 6.42 Å². The third kappa shape index (κ3) is 7.72. The van der Waals surface area contributed by atoms with Crippen LogP contribution >= 0.6 is 0 Å². The Labute approximate surface area is 123 Å². The number of anilines is 1. The Morgan fingerprint density at radius 1 is 1.19 bits per heavy atom. The average molecular weight is 305 g/mol. The van der Waals surface area contributed by atoms with Gasteiger partial charge in [-0.3, -0.25) is 0 Å². The van der Waals surface area contributed by atoms with Gasteiger partial charge in [-0.15, -0.1) is 0 Å². The summed E-state index contributed by atoms with van der Waals surface area (Å²) >= 11 is 0. The Hall–Kier alpha value is -1.53. The first-order chi connectivity index (χ1) is 9.94. The highest BCUT2D eigenvalue weighted by Crippen LogP contribution is 2.21. The molecule has 0 radical (unpaired) electrons. The van der Waals surface area contributed by atoms with E-state index in [2.05, 4.69) is 15.3 Å². The van der Waals surface area contributed by atoms with Crippen molar-refractivity contribution in [3.8, 4) is 5.88 Å². The maximum atomic E-state index is 12.1. The third-order valence-corrected chi connectivity index (χ3v) is 2.63. The van der Waals surface area contributed by atoms with Crippen molar-refractivity contribution in [1.29, 1.82) is 0 Å². The maximum absolute atomic E-state index is 12.1. The molecule has 0 fully saturated rings. The van der Waals surface area contributed by atoms with Gasteiger partial charge in [-0.25, -0.2) is 4.98 Å². The fraction of sp³-hybridized carbons (Fsp3) is 0.714. The number of rotatable bonds is 9. The molecule has 0 aliphatic carbocycles. The number of ether oxygens (including phenoxy) is 1. The van der Waals surface area contributed by atoms with Gasteiger partial charge in [0, 0.05) is 25.5 Å². The summed E-state index contributed by atoms with van der Waals surface area (Å²) in [6.45, 7) is 4.82. The minimum absolute atomic E-state index is 0.00466. The van der Waals surface area contributed by atoms with Crippen LogP contribution < -0.4 is 10.1 Å². The molecule has 1 heterocycles. The number of nitrogens with zero attached hydrogens (tertiary/aromatic N) is 2. The van der Waals surface area contributed by atoms with Gasteiger partial charge in [-0.1, -0.05) is 13.8 Å². The molecule has 4 nitrogen and oxygen atoms in total. The molecule has 1 aromatic heterocycles. The molecule has 0 unspecified atom stereocenters. The van der Waals surface area contributed by atoms with Gasteiger partial charge in [-0.2, -0.15) is 18.2 Å². The van der Waals surface area contributed by atoms with Crippen LogP contribution in [0.1, 0.15) is 45.4 Å². The first-order valence-electron chi connectivity index (χ1n) is 7.26. The molecule has 0 aliphatic heterocycles. The molecule has 0 saturated carbocycles. The van der Waals surface area contributed by atoms with Crippen molar-refractivity contribution in [2.24, 2.45) is 0 Å². The lowest BCUT2D eigenvalue weighted by Crippen LogP contribution is -2.11. The van der Waals surface area contributed by atoms with E-state index < -0.39 is 12.6 Å². The third-order valence-electron chi connectivity index (χ3n) is 2.63. The van der Waals surface area contributed by atoms with Gasteiger partial charge < -0.3 is 10.1 Å². The average Bonchev–Trinajstić information content (AvgIpc) is 2.41.